The molecule has 1 heterocycles. The van der Waals surface area contributed by atoms with E-state index in [0.717, 1.165) is 40.9 Å². The zero-order valence-corrected chi connectivity index (χ0v) is 19.0. The number of carbonyl (C=O) groups excluding carboxylic acids is 1. The summed E-state index contributed by atoms with van der Waals surface area (Å²) in [5.41, 5.74) is 8.15. The summed E-state index contributed by atoms with van der Waals surface area (Å²) >= 11 is 1.54. The van der Waals surface area contributed by atoms with Gasteiger partial charge < -0.3 is 16.0 Å². The number of amides is 1. The largest absolute Gasteiger partial charge is 0.350 e. The van der Waals surface area contributed by atoms with Gasteiger partial charge in [0.2, 0.25) is 0 Å². The maximum absolute atomic E-state index is 12.3. The predicted molar refractivity (Wildman–Crippen MR) is 129 cm³/mol. The van der Waals surface area contributed by atoms with Gasteiger partial charge in [0.25, 0.3) is 5.91 Å². The molecule has 0 aliphatic rings. The number of likely N-dealkylation sites (N-methyl/N-ethyl adjacent to an activating group) is 1. The second kappa shape index (κ2) is 12.8. The molecule has 158 valence electrons. The number of hydrogen-bond donors (Lipinski definition) is 2. The Labute approximate surface area is 189 Å². The van der Waals surface area contributed by atoms with Crippen molar-refractivity contribution in [1.29, 1.82) is 0 Å². The zero-order chi connectivity index (χ0) is 19.1. The van der Waals surface area contributed by atoms with Crippen LogP contribution in [0.2, 0.25) is 0 Å². The molecular weight excluding hydrogens is 425 g/mol. The van der Waals surface area contributed by atoms with Crippen LogP contribution in [0.5, 0.6) is 0 Å². The monoisotopic (exact) mass is 453 g/mol. The summed E-state index contributed by atoms with van der Waals surface area (Å²) in [4.78, 5) is 15.4. The normalized spacial score (nSPS) is 10.4. The third-order valence-electron chi connectivity index (χ3n) is 4.69. The number of nitrogens with one attached hydrogen (secondary N) is 1. The van der Waals surface area contributed by atoms with E-state index in [1.807, 2.05) is 30.3 Å². The molecule has 1 aromatic heterocycles. The van der Waals surface area contributed by atoms with Crippen LogP contribution in [0.3, 0.4) is 0 Å². The van der Waals surface area contributed by atoms with Crippen molar-refractivity contribution >= 4 is 52.1 Å². The number of aryl methyl sites for hydroxylation is 1. The molecule has 0 saturated heterocycles. The lowest BCUT2D eigenvalue weighted by molar-refractivity contribution is 0.0954. The van der Waals surface area contributed by atoms with E-state index in [-0.39, 0.29) is 30.7 Å². The van der Waals surface area contributed by atoms with Crippen LogP contribution in [-0.4, -0.2) is 37.5 Å². The molecule has 3 aromatic rings. The number of hydrogen-bond acceptors (Lipinski definition) is 4. The Balaban J connectivity index is 0.00000210. The second-order valence-corrected chi connectivity index (χ2v) is 7.92. The minimum absolute atomic E-state index is 0. The molecule has 0 saturated carbocycles. The Morgan fingerprint density at radius 3 is 2.41 bits per heavy atom. The van der Waals surface area contributed by atoms with Gasteiger partial charge in [-0.2, -0.15) is 0 Å². The summed E-state index contributed by atoms with van der Waals surface area (Å²) in [6, 6.07) is 18.6. The fourth-order valence-electron chi connectivity index (χ4n) is 3.05. The topological polar surface area (TPSA) is 58.4 Å². The predicted octanol–water partition coefficient (Wildman–Crippen LogP) is 4.50. The van der Waals surface area contributed by atoms with Gasteiger partial charge in [-0.15, -0.1) is 36.2 Å². The molecule has 0 spiro atoms. The molecule has 3 N–H and O–H groups in total. The van der Waals surface area contributed by atoms with Gasteiger partial charge in [-0.1, -0.05) is 42.5 Å². The van der Waals surface area contributed by atoms with Crippen LogP contribution in [0.4, 0.5) is 0 Å². The van der Waals surface area contributed by atoms with Crippen molar-refractivity contribution in [2.24, 2.45) is 5.73 Å². The van der Waals surface area contributed by atoms with E-state index in [0.29, 0.717) is 13.1 Å². The molecule has 0 fully saturated rings. The van der Waals surface area contributed by atoms with Gasteiger partial charge in [-0.25, -0.2) is 0 Å². The molecule has 29 heavy (non-hydrogen) atoms. The standard InChI is InChI=1S/C22H27N3OS.2ClH/c1-25(13-4-5-17-8-10-18(16-23)11-9-17)14-12-24-22(26)21-15-19-6-2-3-7-20(19)27-21;;/h2-3,6-11,15H,4-5,12-14,16,23H2,1H3,(H,24,26);2*1H. The summed E-state index contributed by atoms with van der Waals surface area (Å²) in [5.74, 6) is 0.0181. The molecular formula is C22H29Cl2N3OS. The first-order valence-corrected chi connectivity index (χ1v) is 10.2. The molecule has 0 aliphatic heterocycles. The number of nitrogens with zero attached hydrogens (tertiary/aromatic N) is 1. The first kappa shape index (κ1) is 25.4. The number of nitrogens with two attached hydrogens (primary N) is 1. The lowest BCUT2D eigenvalue weighted by atomic mass is 10.1. The van der Waals surface area contributed by atoms with E-state index in [1.54, 1.807) is 11.3 Å². The minimum Gasteiger partial charge on any atom is -0.350 e. The third-order valence-corrected chi connectivity index (χ3v) is 5.81. The van der Waals surface area contributed by atoms with Gasteiger partial charge in [0.05, 0.1) is 4.88 Å². The van der Waals surface area contributed by atoms with E-state index >= 15 is 0 Å². The lowest BCUT2D eigenvalue weighted by Crippen LogP contribution is -2.33. The molecule has 0 bridgehead atoms. The summed E-state index contributed by atoms with van der Waals surface area (Å²) in [7, 11) is 2.10. The molecule has 7 heteroatoms. The van der Waals surface area contributed by atoms with E-state index in [4.69, 9.17) is 5.73 Å². The number of halogens is 2. The molecule has 0 unspecified atom stereocenters. The molecule has 3 rings (SSSR count). The van der Waals surface area contributed by atoms with Gasteiger partial charge >= 0.3 is 0 Å². The molecule has 4 nitrogen and oxygen atoms in total. The average Bonchev–Trinajstić information content (AvgIpc) is 3.13. The summed E-state index contributed by atoms with van der Waals surface area (Å²) < 4.78 is 1.15. The molecule has 0 aliphatic carbocycles. The van der Waals surface area contributed by atoms with Crippen LogP contribution in [0.25, 0.3) is 10.1 Å². The Kier molecular flexibility index (Phi) is 11.2. The zero-order valence-electron chi connectivity index (χ0n) is 16.6. The summed E-state index contributed by atoms with van der Waals surface area (Å²) in [6.07, 6.45) is 2.16. The van der Waals surface area contributed by atoms with Crippen LogP contribution < -0.4 is 11.1 Å². The highest BCUT2D eigenvalue weighted by atomic mass is 35.5. The van der Waals surface area contributed by atoms with Crippen molar-refractivity contribution < 1.29 is 4.79 Å². The van der Waals surface area contributed by atoms with Crippen LogP contribution in [0, 0.1) is 0 Å². The van der Waals surface area contributed by atoms with E-state index in [1.165, 1.54) is 11.1 Å². The highest BCUT2D eigenvalue weighted by Gasteiger charge is 2.09. The van der Waals surface area contributed by atoms with Crippen molar-refractivity contribution in [3.8, 4) is 0 Å². The number of carbonyl (C=O) groups is 1. The Bertz CT molecular complexity index is 850. The Morgan fingerprint density at radius 1 is 1.03 bits per heavy atom. The van der Waals surface area contributed by atoms with Crippen molar-refractivity contribution in [3.63, 3.8) is 0 Å². The van der Waals surface area contributed by atoms with Crippen molar-refractivity contribution in [2.75, 3.05) is 26.7 Å². The molecule has 0 atom stereocenters. The second-order valence-electron chi connectivity index (χ2n) is 6.83. The quantitative estimate of drug-likeness (QED) is 0.501. The lowest BCUT2D eigenvalue weighted by Gasteiger charge is -2.16. The highest BCUT2D eigenvalue weighted by molar-refractivity contribution is 7.20. The van der Waals surface area contributed by atoms with Gasteiger partial charge in [-0.05, 0) is 55.1 Å². The number of rotatable bonds is 9. The van der Waals surface area contributed by atoms with Crippen LogP contribution in [-0.2, 0) is 13.0 Å². The first-order chi connectivity index (χ1) is 13.2. The smallest absolute Gasteiger partial charge is 0.261 e. The fraction of sp³-hybridized carbons (Fsp3) is 0.318. The number of thiophene rings is 1. The Hall–Kier alpha value is -1.63. The van der Waals surface area contributed by atoms with Crippen molar-refractivity contribution in [1.82, 2.24) is 10.2 Å². The van der Waals surface area contributed by atoms with E-state index in [2.05, 4.69) is 41.5 Å². The fourth-order valence-corrected chi connectivity index (χ4v) is 4.03. The summed E-state index contributed by atoms with van der Waals surface area (Å²) in [6.45, 7) is 3.12. The maximum atomic E-state index is 12.3. The van der Waals surface area contributed by atoms with Gasteiger partial charge in [0.15, 0.2) is 0 Å². The number of fused-ring (bicyclic) bond motifs is 1. The molecule has 2 aromatic carbocycles. The minimum atomic E-state index is 0. The SMILES string of the molecule is CN(CCCc1ccc(CN)cc1)CCNC(=O)c1cc2ccccc2s1.Cl.Cl. The average molecular weight is 454 g/mol. The van der Waals surface area contributed by atoms with Gasteiger partial charge in [0, 0.05) is 24.3 Å². The van der Waals surface area contributed by atoms with E-state index in [9.17, 15) is 4.79 Å². The molecule has 1 amide bonds. The van der Waals surface area contributed by atoms with Gasteiger partial charge in [0.1, 0.15) is 0 Å². The first-order valence-electron chi connectivity index (χ1n) is 9.39. The summed E-state index contributed by atoms with van der Waals surface area (Å²) in [5, 5.41) is 4.16. The molecule has 0 radical (unpaired) electrons. The highest BCUT2D eigenvalue weighted by Crippen LogP contribution is 2.24. The maximum Gasteiger partial charge on any atom is 0.261 e. The van der Waals surface area contributed by atoms with Gasteiger partial charge in [-0.3, -0.25) is 4.79 Å². The van der Waals surface area contributed by atoms with Crippen LogP contribution in [0.15, 0.2) is 54.6 Å². The number of benzene rings is 2. The Morgan fingerprint density at radius 2 is 1.72 bits per heavy atom. The van der Waals surface area contributed by atoms with Crippen molar-refractivity contribution in [3.05, 3.63) is 70.6 Å². The van der Waals surface area contributed by atoms with E-state index < -0.39 is 0 Å². The van der Waals surface area contributed by atoms with Crippen LogP contribution >= 0.6 is 36.2 Å². The van der Waals surface area contributed by atoms with Crippen LogP contribution in [0.1, 0.15) is 27.2 Å². The van der Waals surface area contributed by atoms with Crippen molar-refractivity contribution in [2.45, 2.75) is 19.4 Å². The third kappa shape index (κ3) is 7.61.